The van der Waals surface area contributed by atoms with E-state index in [9.17, 15) is 0 Å². The van der Waals surface area contributed by atoms with Crippen molar-refractivity contribution in [1.82, 2.24) is 19.7 Å². The van der Waals surface area contributed by atoms with Gasteiger partial charge in [0.25, 0.3) is 0 Å². The first-order valence-corrected chi connectivity index (χ1v) is 8.29. The lowest BCUT2D eigenvalue weighted by Crippen LogP contribution is -2.39. The van der Waals surface area contributed by atoms with Gasteiger partial charge in [-0.1, -0.05) is 6.07 Å². The number of likely N-dealkylation sites (tertiary alicyclic amines) is 2. The number of rotatable bonds is 6. The van der Waals surface area contributed by atoms with E-state index in [0.29, 0.717) is 6.04 Å². The number of nitrogens with zero attached hydrogens (tertiary/aromatic N) is 4. The van der Waals surface area contributed by atoms with Gasteiger partial charge < -0.3 is 9.64 Å². The molecule has 0 N–H and O–H groups in total. The second-order valence-corrected chi connectivity index (χ2v) is 6.69. The van der Waals surface area contributed by atoms with Crippen molar-refractivity contribution in [2.24, 2.45) is 0 Å². The third-order valence-corrected chi connectivity index (χ3v) is 5.06. The summed E-state index contributed by atoms with van der Waals surface area (Å²) in [4.78, 5) is 11.9. The Labute approximate surface area is 133 Å². The van der Waals surface area contributed by atoms with Crippen molar-refractivity contribution in [1.29, 1.82) is 0 Å². The summed E-state index contributed by atoms with van der Waals surface area (Å²) in [5, 5.41) is 0. The Balaban J connectivity index is 1.61. The molecule has 0 aromatic carbocycles. The van der Waals surface area contributed by atoms with Crippen molar-refractivity contribution < 1.29 is 4.74 Å². The van der Waals surface area contributed by atoms with Gasteiger partial charge in [-0.2, -0.15) is 0 Å². The molecule has 0 radical (unpaired) electrons. The van der Waals surface area contributed by atoms with Gasteiger partial charge in [0.05, 0.1) is 7.11 Å². The lowest BCUT2D eigenvalue weighted by molar-refractivity contribution is 0.203. The van der Waals surface area contributed by atoms with E-state index in [1.54, 1.807) is 13.3 Å². The molecule has 3 heterocycles. The molecule has 5 nitrogen and oxygen atoms in total. The molecule has 0 spiro atoms. The second-order valence-electron chi connectivity index (χ2n) is 6.69. The van der Waals surface area contributed by atoms with Crippen molar-refractivity contribution in [3.05, 3.63) is 23.9 Å². The van der Waals surface area contributed by atoms with Crippen molar-refractivity contribution in [2.45, 2.75) is 31.5 Å². The van der Waals surface area contributed by atoms with Crippen molar-refractivity contribution in [2.75, 3.05) is 47.4 Å². The molecule has 2 saturated heterocycles. The summed E-state index contributed by atoms with van der Waals surface area (Å²) in [7, 11) is 6.02. The quantitative estimate of drug-likeness (QED) is 0.791. The van der Waals surface area contributed by atoms with Crippen LogP contribution in [0.3, 0.4) is 0 Å². The number of ether oxygens (including phenoxy) is 1. The Kier molecular flexibility index (Phi) is 4.96. The molecule has 0 saturated carbocycles. The molecule has 0 bridgehead atoms. The number of pyridine rings is 1. The van der Waals surface area contributed by atoms with Gasteiger partial charge >= 0.3 is 0 Å². The van der Waals surface area contributed by atoms with Crippen LogP contribution in [-0.4, -0.2) is 79.2 Å². The number of hydrogen-bond acceptors (Lipinski definition) is 5. The maximum Gasteiger partial charge on any atom is 0.217 e. The van der Waals surface area contributed by atoms with Crippen LogP contribution in [-0.2, 0) is 6.54 Å². The van der Waals surface area contributed by atoms with Crippen LogP contribution in [0, 0.1) is 0 Å². The number of hydrogen-bond donors (Lipinski definition) is 0. The molecule has 1 aromatic rings. The van der Waals surface area contributed by atoms with Crippen molar-refractivity contribution >= 4 is 0 Å². The van der Waals surface area contributed by atoms with Crippen LogP contribution in [0.25, 0.3) is 0 Å². The lowest BCUT2D eigenvalue weighted by Gasteiger charge is -2.26. The van der Waals surface area contributed by atoms with Gasteiger partial charge in [0.1, 0.15) is 0 Å². The fourth-order valence-corrected chi connectivity index (χ4v) is 3.91. The molecule has 5 heteroatoms. The first kappa shape index (κ1) is 15.7. The van der Waals surface area contributed by atoms with Gasteiger partial charge in [-0.25, -0.2) is 4.98 Å². The molecule has 0 aliphatic carbocycles. The minimum Gasteiger partial charge on any atom is -0.481 e. The molecule has 0 unspecified atom stereocenters. The summed E-state index contributed by atoms with van der Waals surface area (Å²) in [6.45, 7) is 5.73. The Morgan fingerprint density at radius 2 is 1.95 bits per heavy atom. The van der Waals surface area contributed by atoms with Crippen LogP contribution < -0.4 is 4.74 Å². The average molecular weight is 304 g/mol. The highest BCUT2D eigenvalue weighted by molar-refractivity contribution is 5.25. The molecule has 0 amide bonds. The van der Waals surface area contributed by atoms with E-state index in [1.807, 2.05) is 6.07 Å². The van der Waals surface area contributed by atoms with E-state index in [4.69, 9.17) is 4.74 Å². The first-order valence-electron chi connectivity index (χ1n) is 8.29. The summed E-state index contributed by atoms with van der Waals surface area (Å²) < 4.78 is 5.40. The second kappa shape index (κ2) is 6.94. The molecule has 22 heavy (non-hydrogen) atoms. The summed E-state index contributed by atoms with van der Waals surface area (Å²) >= 11 is 0. The lowest BCUT2D eigenvalue weighted by atomic mass is 10.1. The predicted molar refractivity (Wildman–Crippen MR) is 88.1 cm³/mol. The minimum absolute atomic E-state index is 0.701. The predicted octanol–water partition coefficient (Wildman–Crippen LogP) is 1.30. The van der Waals surface area contributed by atoms with Crippen LogP contribution in [0.4, 0.5) is 0 Å². The molecule has 2 atom stereocenters. The van der Waals surface area contributed by atoms with E-state index < -0.39 is 0 Å². The third kappa shape index (κ3) is 3.26. The van der Waals surface area contributed by atoms with Gasteiger partial charge in [-0.15, -0.1) is 0 Å². The number of likely N-dealkylation sites (N-methyl/N-ethyl adjacent to an activating group) is 1. The van der Waals surface area contributed by atoms with E-state index in [-0.39, 0.29) is 0 Å². The fourth-order valence-electron chi connectivity index (χ4n) is 3.91. The third-order valence-electron chi connectivity index (χ3n) is 5.06. The van der Waals surface area contributed by atoms with Crippen LogP contribution in [0.1, 0.15) is 18.4 Å². The van der Waals surface area contributed by atoms with Gasteiger partial charge in [-0.05, 0) is 33.0 Å². The van der Waals surface area contributed by atoms with Gasteiger partial charge in [-0.3, -0.25) is 9.80 Å². The maximum absolute atomic E-state index is 5.40. The molecule has 3 rings (SSSR count). The Morgan fingerprint density at radius 1 is 1.23 bits per heavy atom. The minimum atomic E-state index is 0.701. The maximum atomic E-state index is 5.40. The molecule has 2 aliphatic rings. The van der Waals surface area contributed by atoms with Crippen LogP contribution in [0.2, 0.25) is 0 Å². The van der Waals surface area contributed by atoms with E-state index in [1.165, 1.54) is 38.0 Å². The largest absolute Gasteiger partial charge is 0.481 e. The highest BCUT2D eigenvalue weighted by Crippen LogP contribution is 2.33. The summed E-state index contributed by atoms with van der Waals surface area (Å²) in [5.74, 6) is 0.772. The van der Waals surface area contributed by atoms with E-state index in [2.05, 4.69) is 39.8 Å². The van der Waals surface area contributed by atoms with Crippen LogP contribution >= 0.6 is 0 Å². The van der Waals surface area contributed by atoms with Gasteiger partial charge in [0.2, 0.25) is 5.88 Å². The Hall–Kier alpha value is -1.17. The number of methoxy groups -OCH3 is 1. The van der Waals surface area contributed by atoms with Crippen LogP contribution in [0.15, 0.2) is 18.3 Å². The summed E-state index contributed by atoms with van der Waals surface area (Å²) in [6, 6.07) is 5.58. The standard InChI is InChI=1S/C17H28N4O/c1-19(2)11-12-20-9-6-16-15(20)7-10-21(16)13-14-5-4-8-18-17(14)22-3/h4-5,8,15-16H,6-7,9-13H2,1-3H3/t15-,16-/m0/s1. The van der Waals surface area contributed by atoms with Gasteiger partial charge in [0, 0.05) is 56.6 Å². The summed E-state index contributed by atoms with van der Waals surface area (Å²) in [5.41, 5.74) is 1.21. The SMILES string of the molecule is COc1ncccc1CN1CC[C@H]2[C@@H]1CCN2CCN(C)C. The Bertz CT molecular complexity index is 493. The number of fused-ring (bicyclic) bond motifs is 1. The molecular formula is C17H28N4O. The zero-order valence-corrected chi connectivity index (χ0v) is 14.0. The highest BCUT2D eigenvalue weighted by Gasteiger charge is 2.42. The Morgan fingerprint density at radius 3 is 2.68 bits per heavy atom. The van der Waals surface area contributed by atoms with E-state index in [0.717, 1.165) is 25.0 Å². The topological polar surface area (TPSA) is 31.8 Å². The van der Waals surface area contributed by atoms with Crippen molar-refractivity contribution in [3.63, 3.8) is 0 Å². The molecule has 2 fully saturated rings. The van der Waals surface area contributed by atoms with Crippen LogP contribution in [0.5, 0.6) is 5.88 Å². The zero-order valence-electron chi connectivity index (χ0n) is 14.0. The molecule has 122 valence electrons. The fraction of sp³-hybridized carbons (Fsp3) is 0.706. The normalized spacial score (nSPS) is 25.8. The van der Waals surface area contributed by atoms with E-state index >= 15 is 0 Å². The summed E-state index contributed by atoms with van der Waals surface area (Å²) in [6.07, 6.45) is 4.38. The molecule has 1 aromatic heterocycles. The molecular weight excluding hydrogens is 276 g/mol. The highest BCUT2D eigenvalue weighted by atomic mass is 16.5. The average Bonchev–Trinajstić information content (AvgIpc) is 3.09. The van der Waals surface area contributed by atoms with Crippen molar-refractivity contribution in [3.8, 4) is 5.88 Å². The molecule has 2 aliphatic heterocycles. The van der Waals surface area contributed by atoms with Gasteiger partial charge in [0.15, 0.2) is 0 Å². The smallest absolute Gasteiger partial charge is 0.217 e. The zero-order chi connectivity index (χ0) is 15.5. The first-order chi connectivity index (χ1) is 10.7. The number of aromatic nitrogens is 1. The monoisotopic (exact) mass is 304 g/mol.